The van der Waals surface area contributed by atoms with Crippen LogP contribution in [0.4, 0.5) is 0 Å². The van der Waals surface area contributed by atoms with Gasteiger partial charge in [0, 0.05) is 6.42 Å². The first kappa shape index (κ1) is 29.1. The van der Waals surface area contributed by atoms with Crippen LogP contribution in [0.2, 0.25) is 0 Å². The van der Waals surface area contributed by atoms with E-state index in [9.17, 15) is 19.5 Å². The van der Waals surface area contributed by atoms with Gasteiger partial charge in [0.15, 0.2) is 6.10 Å². The van der Waals surface area contributed by atoms with Crippen LogP contribution < -0.4 is 5.32 Å². The van der Waals surface area contributed by atoms with E-state index in [2.05, 4.69) is 24.4 Å². The molecular weight excluding hydrogens is 422 g/mol. The lowest BCUT2D eigenvalue weighted by Gasteiger charge is -2.20. The van der Waals surface area contributed by atoms with E-state index in [0.717, 1.165) is 32.1 Å². The van der Waals surface area contributed by atoms with Gasteiger partial charge in [-0.25, -0.2) is 9.59 Å². The van der Waals surface area contributed by atoms with Crippen molar-refractivity contribution < 1.29 is 29.0 Å². The number of hydrogen-bond donors (Lipinski definition) is 2. The van der Waals surface area contributed by atoms with Gasteiger partial charge in [0.2, 0.25) is 5.91 Å². The summed E-state index contributed by atoms with van der Waals surface area (Å²) in [6, 6.07) is -0.606. The van der Waals surface area contributed by atoms with Crippen LogP contribution in [-0.4, -0.2) is 47.8 Å². The number of esters is 1. The maximum absolute atomic E-state index is 11.9. The quantitative estimate of drug-likeness (QED) is 0.143. The van der Waals surface area contributed by atoms with Crippen LogP contribution in [0.3, 0.4) is 0 Å². The van der Waals surface area contributed by atoms with Gasteiger partial charge >= 0.3 is 11.9 Å². The number of aliphatic carboxylic acids is 1. The van der Waals surface area contributed by atoms with Crippen LogP contribution in [-0.2, 0) is 23.9 Å². The summed E-state index contributed by atoms with van der Waals surface area (Å²) < 4.78 is 10.7. The zero-order valence-corrected chi connectivity index (χ0v) is 20.7. The van der Waals surface area contributed by atoms with Crippen molar-refractivity contribution in [2.24, 2.45) is 0 Å². The van der Waals surface area contributed by atoms with E-state index in [1.54, 1.807) is 6.92 Å². The molecule has 2 N–H and O–H groups in total. The largest absolute Gasteiger partial charge is 0.479 e. The molecule has 1 fully saturated rings. The van der Waals surface area contributed by atoms with Gasteiger partial charge in [-0.1, -0.05) is 70.4 Å². The zero-order chi connectivity index (χ0) is 24.3. The Hall–Kier alpha value is -1.89. The molecule has 1 aliphatic rings. The molecule has 3 atom stereocenters. The Bertz CT molecular complexity index is 591. The lowest BCUT2D eigenvalue weighted by atomic mass is 10.1. The average Bonchev–Trinajstić information content (AvgIpc) is 3.23. The summed E-state index contributed by atoms with van der Waals surface area (Å²) in [5.41, 5.74) is 0. The first-order valence-corrected chi connectivity index (χ1v) is 12.9. The normalized spacial score (nSPS) is 17.8. The highest BCUT2D eigenvalue weighted by atomic mass is 16.6. The van der Waals surface area contributed by atoms with Gasteiger partial charge in [0.1, 0.15) is 12.6 Å². The van der Waals surface area contributed by atoms with Crippen molar-refractivity contribution >= 4 is 17.8 Å². The van der Waals surface area contributed by atoms with E-state index in [1.165, 1.54) is 44.9 Å². The molecule has 0 bridgehead atoms. The number of ether oxygens (including phenoxy) is 2. The van der Waals surface area contributed by atoms with Gasteiger partial charge in [0.25, 0.3) is 0 Å². The number of hydrogen-bond acceptors (Lipinski definition) is 5. The van der Waals surface area contributed by atoms with Crippen LogP contribution in [0, 0.1) is 0 Å². The third-order valence-corrected chi connectivity index (χ3v) is 5.89. The van der Waals surface area contributed by atoms with Crippen molar-refractivity contribution in [3.05, 3.63) is 12.2 Å². The molecule has 190 valence electrons. The number of unbranched alkanes of at least 4 members (excludes halogenated alkanes) is 10. The molecule has 0 saturated carbocycles. The van der Waals surface area contributed by atoms with Crippen molar-refractivity contribution in [1.82, 2.24) is 5.32 Å². The van der Waals surface area contributed by atoms with Gasteiger partial charge < -0.3 is 19.9 Å². The number of carbonyl (C=O) groups excluding carboxylic acids is 2. The lowest BCUT2D eigenvalue weighted by Crippen LogP contribution is -2.37. The second kappa shape index (κ2) is 18.5. The summed E-state index contributed by atoms with van der Waals surface area (Å²) in [6.07, 6.45) is 18.5. The molecule has 7 heteroatoms. The number of carbonyl (C=O) groups is 3. The topological polar surface area (TPSA) is 102 Å². The molecule has 0 aromatic rings. The molecule has 1 aliphatic heterocycles. The van der Waals surface area contributed by atoms with Crippen molar-refractivity contribution in [2.45, 2.75) is 128 Å². The molecule has 0 spiro atoms. The third-order valence-electron chi connectivity index (χ3n) is 5.89. The summed E-state index contributed by atoms with van der Waals surface area (Å²) >= 11 is 0. The predicted molar refractivity (Wildman–Crippen MR) is 129 cm³/mol. The van der Waals surface area contributed by atoms with Gasteiger partial charge in [-0.3, -0.25) is 4.79 Å². The Balaban J connectivity index is 2.06. The molecule has 1 rings (SSSR count). The second-order valence-electron chi connectivity index (χ2n) is 9.08. The number of carboxylic acids is 1. The molecule has 7 nitrogen and oxygen atoms in total. The highest BCUT2D eigenvalue weighted by Crippen LogP contribution is 2.14. The average molecular weight is 468 g/mol. The highest BCUT2D eigenvalue weighted by molar-refractivity contribution is 5.88. The number of rotatable bonds is 20. The van der Waals surface area contributed by atoms with E-state index in [4.69, 9.17) is 9.47 Å². The molecule has 1 amide bonds. The SMILES string of the molecule is CCCCCCCCC=CCCCCCCC(OC(C)COC(=O)[C@@H]1CCC(=O)N1)C(=O)O. The van der Waals surface area contributed by atoms with Crippen molar-refractivity contribution in [1.29, 1.82) is 0 Å². The monoisotopic (exact) mass is 467 g/mol. The summed E-state index contributed by atoms with van der Waals surface area (Å²) in [5, 5.41) is 12.0. The van der Waals surface area contributed by atoms with Crippen molar-refractivity contribution in [2.75, 3.05) is 6.61 Å². The Morgan fingerprint density at radius 1 is 1.03 bits per heavy atom. The minimum absolute atomic E-state index is 0.0277. The van der Waals surface area contributed by atoms with Crippen LogP contribution in [0.1, 0.15) is 110 Å². The highest BCUT2D eigenvalue weighted by Gasteiger charge is 2.29. The van der Waals surface area contributed by atoms with Crippen molar-refractivity contribution in [3.63, 3.8) is 0 Å². The molecule has 1 heterocycles. The van der Waals surface area contributed by atoms with E-state index < -0.39 is 30.2 Å². The minimum atomic E-state index is -0.992. The minimum Gasteiger partial charge on any atom is -0.479 e. The third kappa shape index (κ3) is 14.8. The fourth-order valence-corrected chi connectivity index (χ4v) is 3.88. The summed E-state index contributed by atoms with van der Waals surface area (Å²) in [6.45, 7) is 3.90. The van der Waals surface area contributed by atoms with E-state index in [0.29, 0.717) is 19.3 Å². The summed E-state index contributed by atoms with van der Waals surface area (Å²) in [4.78, 5) is 34.6. The molecule has 33 heavy (non-hydrogen) atoms. The fourth-order valence-electron chi connectivity index (χ4n) is 3.88. The first-order valence-electron chi connectivity index (χ1n) is 12.9. The van der Waals surface area contributed by atoms with Crippen LogP contribution in [0.15, 0.2) is 12.2 Å². The maximum atomic E-state index is 11.9. The molecule has 2 unspecified atom stereocenters. The van der Waals surface area contributed by atoms with Gasteiger partial charge in [0.05, 0.1) is 6.10 Å². The van der Waals surface area contributed by atoms with E-state index in [-0.39, 0.29) is 12.5 Å². The summed E-state index contributed by atoms with van der Waals surface area (Å²) in [7, 11) is 0. The van der Waals surface area contributed by atoms with Crippen LogP contribution >= 0.6 is 0 Å². The molecule has 0 aromatic heterocycles. The fraction of sp³-hybridized carbons (Fsp3) is 0.808. The Kier molecular flexibility index (Phi) is 16.4. The van der Waals surface area contributed by atoms with Gasteiger partial charge in [-0.2, -0.15) is 0 Å². The number of allylic oxidation sites excluding steroid dienone is 2. The molecular formula is C26H45NO6. The standard InChI is InChI=1S/C26H45NO6/c1-3-4-5-6-7-8-9-10-11-12-13-14-15-16-17-23(25(29)30)33-21(2)20-32-26(31)22-18-19-24(28)27-22/h10-11,21-23H,3-9,12-20H2,1-2H3,(H,27,28)(H,29,30)/t21?,22-,23?/m0/s1. The van der Waals surface area contributed by atoms with Gasteiger partial charge in [-0.05, 0) is 45.4 Å². The van der Waals surface area contributed by atoms with Gasteiger partial charge in [-0.15, -0.1) is 0 Å². The van der Waals surface area contributed by atoms with E-state index in [1.807, 2.05) is 0 Å². The second-order valence-corrected chi connectivity index (χ2v) is 9.08. The number of amides is 1. The van der Waals surface area contributed by atoms with Crippen molar-refractivity contribution in [3.8, 4) is 0 Å². The zero-order valence-electron chi connectivity index (χ0n) is 20.7. The molecule has 0 radical (unpaired) electrons. The molecule has 1 saturated heterocycles. The molecule has 0 aromatic carbocycles. The smallest absolute Gasteiger partial charge is 0.332 e. The van der Waals surface area contributed by atoms with Crippen LogP contribution in [0.25, 0.3) is 0 Å². The lowest BCUT2D eigenvalue weighted by molar-refractivity contribution is -0.161. The van der Waals surface area contributed by atoms with Crippen LogP contribution in [0.5, 0.6) is 0 Å². The van der Waals surface area contributed by atoms with E-state index >= 15 is 0 Å². The Morgan fingerprint density at radius 3 is 2.21 bits per heavy atom. The number of nitrogens with one attached hydrogen (secondary N) is 1. The first-order chi connectivity index (χ1) is 15.9. The Labute approximate surface area is 199 Å². The maximum Gasteiger partial charge on any atom is 0.332 e. The summed E-state index contributed by atoms with van der Waals surface area (Å²) in [5.74, 6) is -1.64. The number of carboxylic acid groups (broad SMARTS) is 1. The predicted octanol–water partition coefficient (Wildman–Crippen LogP) is 5.31. The molecule has 0 aliphatic carbocycles. The Morgan fingerprint density at radius 2 is 1.64 bits per heavy atom.